The summed E-state index contributed by atoms with van der Waals surface area (Å²) in [6.07, 6.45) is 0. The van der Waals surface area contributed by atoms with E-state index in [-0.39, 0.29) is 24.3 Å². The van der Waals surface area contributed by atoms with Gasteiger partial charge in [0.15, 0.2) is 0 Å². The fourth-order valence-corrected chi connectivity index (χ4v) is 1.61. The van der Waals surface area contributed by atoms with Crippen molar-refractivity contribution in [3.8, 4) is 0 Å². The molecule has 0 N–H and O–H groups in total. The zero-order valence-corrected chi connectivity index (χ0v) is 10.5. The van der Waals surface area contributed by atoms with Gasteiger partial charge in [-0.1, -0.05) is 23.9 Å². The van der Waals surface area contributed by atoms with Crippen LogP contribution in [0.2, 0.25) is 0 Å². The van der Waals surface area contributed by atoms with E-state index >= 15 is 0 Å². The minimum absolute atomic E-state index is 0.0322. The molecule has 0 saturated carbocycles. The van der Waals surface area contributed by atoms with Crippen molar-refractivity contribution in [2.24, 2.45) is 0 Å². The molecular formula is C13H13N3O3. The van der Waals surface area contributed by atoms with Crippen molar-refractivity contribution in [3.05, 3.63) is 46.8 Å². The van der Waals surface area contributed by atoms with E-state index in [9.17, 15) is 9.59 Å². The first-order valence-corrected chi connectivity index (χ1v) is 5.81. The average Bonchev–Trinajstić information content (AvgIpc) is 2.42. The SMILES string of the molecule is C=C(Cn1nnc2ccccc2c1=O)C(=O)OCC. The molecule has 0 aliphatic heterocycles. The van der Waals surface area contributed by atoms with Crippen LogP contribution < -0.4 is 5.56 Å². The Kier molecular flexibility index (Phi) is 3.70. The van der Waals surface area contributed by atoms with Gasteiger partial charge in [0, 0.05) is 0 Å². The molecular weight excluding hydrogens is 246 g/mol. The first kappa shape index (κ1) is 12.9. The summed E-state index contributed by atoms with van der Waals surface area (Å²) in [5.74, 6) is -0.538. The van der Waals surface area contributed by atoms with Crippen molar-refractivity contribution in [2.75, 3.05) is 6.61 Å². The highest BCUT2D eigenvalue weighted by molar-refractivity contribution is 5.87. The number of carbonyl (C=O) groups excluding carboxylic acids is 1. The van der Waals surface area contributed by atoms with Crippen LogP contribution in [-0.2, 0) is 16.1 Å². The van der Waals surface area contributed by atoms with Crippen LogP contribution in [0.4, 0.5) is 0 Å². The van der Waals surface area contributed by atoms with Gasteiger partial charge in [0.05, 0.1) is 24.1 Å². The Labute approximate surface area is 109 Å². The summed E-state index contributed by atoms with van der Waals surface area (Å²) < 4.78 is 5.90. The summed E-state index contributed by atoms with van der Waals surface area (Å²) in [4.78, 5) is 23.5. The van der Waals surface area contributed by atoms with Gasteiger partial charge in [0.1, 0.15) is 5.52 Å². The number of hydrogen-bond acceptors (Lipinski definition) is 5. The van der Waals surface area contributed by atoms with Crippen molar-refractivity contribution in [3.63, 3.8) is 0 Å². The van der Waals surface area contributed by atoms with Crippen LogP contribution in [0.1, 0.15) is 6.92 Å². The predicted octanol–water partition coefficient (Wildman–Crippen LogP) is 0.911. The van der Waals surface area contributed by atoms with Gasteiger partial charge >= 0.3 is 5.97 Å². The lowest BCUT2D eigenvalue weighted by Gasteiger charge is -2.06. The minimum Gasteiger partial charge on any atom is -0.463 e. The average molecular weight is 259 g/mol. The molecule has 0 saturated heterocycles. The number of carbonyl (C=O) groups is 1. The van der Waals surface area contributed by atoms with Crippen LogP contribution in [0.25, 0.3) is 10.9 Å². The summed E-state index contributed by atoms with van der Waals surface area (Å²) in [6.45, 7) is 5.52. The third-order valence-electron chi connectivity index (χ3n) is 2.53. The van der Waals surface area contributed by atoms with Gasteiger partial charge in [-0.15, -0.1) is 5.10 Å². The topological polar surface area (TPSA) is 74.1 Å². The Hall–Kier alpha value is -2.50. The molecule has 98 valence electrons. The maximum absolute atomic E-state index is 12.1. The normalized spacial score (nSPS) is 10.4. The Bertz CT molecular complexity index is 691. The second kappa shape index (κ2) is 5.43. The Morgan fingerprint density at radius 2 is 2.16 bits per heavy atom. The van der Waals surface area contributed by atoms with E-state index in [1.807, 2.05) is 0 Å². The van der Waals surface area contributed by atoms with Crippen molar-refractivity contribution in [1.82, 2.24) is 15.0 Å². The molecule has 2 aromatic rings. The molecule has 0 aliphatic carbocycles. The number of rotatable bonds is 4. The van der Waals surface area contributed by atoms with E-state index in [4.69, 9.17) is 4.74 Å². The maximum atomic E-state index is 12.1. The second-order valence-corrected chi connectivity index (χ2v) is 3.89. The molecule has 6 heteroatoms. The molecule has 0 aliphatic rings. The van der Waals surface area contributed by atoms with Crippen LogP contribution in [0.5, 0.6) is 0 Å². The largest absolute Gasteiger partial charge is 0.463 e. The van der Waals surface area contributed by atoms with Crippen LogP contribution >= 0.6 is 0 Å². The van der Waals surface area contributed by atoms with Crippen molar-refractivity contribution < 1.29 is 9.53 Å². The van der Waals surface area contributed by atoms with Gasteiger partial charge < -0.3 is 4.74 Å². The van der Waals surface area contributed by atoms with Crippen LogP contribution in [0.15, 0.2) is 41.2 Å². The van der Waals surface area contributed by atoms with Gasteiger partial charge in [-0.2, -0.15) is 0 Å². The van der Waals surface area contributed by atoms with Gasteiger partial charge in [-0.25, -0.2) is 9.48 Å². The molecule has 1 heterocycles. The molecule has 0 radical (unpaired) electrons. The van der Waals surface area contributed by atoms with E-state index in [0.29, 0.717) is 10.9 Å². The molecule has 2 rings (SSSR count). The Morgan fingerprint density at radius 3 is 2.89 bits per heavy atom. The molecule has 1 aromatic heterocycles. The van der Waals surface area contributed by atoms with Crippen LogP contribution in [0.3, 0.4) is 0 Å². The fourth-order valence-electron chi connectivity index (χ4n) is 1.61. The van der Waals surface area contributed by atoms with Crippen LogP contribution in [0, 0.1) is 0 Å². The van der Waals surface area contributed by atoms with E-state index in [1.165, 1.54) is 0 Å². The summed E-state index contributed by atoms with van der Waals surface area (Å²) in [6, 6.07) is 6.89. The molecule has 0 fully saturated rings. The van der Waals surface area contributed by atoms with Crippen LogP contribution in [-0.4, -0.2) is 27.6 Å². The number of esters is 1. The summed E-state index contributed by atoms with van der Waals surface area (Å²) in [5.41, 5.74) is 0.370. The molecule has 0 amide bonds. The molecule has 0 bridgehead atoms. The third kappa shape index (κ3) is 2.67. The summed E-state index contributed by atoms with van der Waals surface area (Å²) in [5, 5.41) is 8.15. The molecule has 1 aromatic carbocycles. The number of aromatic nitrogens is 3. The number of ether oxygens (including phenoxy) is 1. The monoisotopic (exact) mass is 259 g/mol. The van der Waals surface area contributed by atoms with Gasteiger partial charge in [-0.3, -0.25) is 4.79 Å². The summed E-state index contributed by atoms with van der Waals surface area (Å²) >= 11 is 0. The number of hydrogen-bond donors (Lipinski definition) is 0. The van der Waals surface area contributed by atoms with E-state index < -0.39 is 5.97 Å². The van der Waals surface area contributed by atoms with Gasteiger partial charge in [-0.05, 0) is 19.1 Å². The minimum atomic E-state index is -0.538. The molecule has 0 atom stereocenters. The molecule has 6 nitrogen and oxygen atoms in total. The first-order chi connectivity index (χ1) is 9.13. The fraction of sp³-hybridized carbons (Fsp3) is 0.231. The highest BCUT2D eigenvalue weighted by atomic mass is 16.5. The standard InChI is InChI=1S/C13H13N3O3/c1-3-19-13(18)9(2)8-16-12(17)10-6-4-5-7-11(10)14-15-16/h4-7H,2-3,8H2,1H3. The number of nitrogens with zero attached hydrogens (tertiary/aromatic N) is 3. The second-order valence-electron chi connectivity index (χ2n) is 3.89. The van der Waals surface area contributed by atoms with Crippen molar-refractivity contribution >= 4 is 16.9 Å². The van der Waals surface area contributed by atoms with E-state index in [0.717, 1.165) is 4.68 Å². The molecule has 0 spiro atoms. The molecule has 19 heavy (non-hydrogen) atoms. The Balaban J connectivity index is 2.32. The lowest BCUT2D eigenvalue weighted by molar-refractivity contribution is -0.138. The zero-order chi connectivity index (χ0) is 13.8. The third-order valence-corrected chi connectivity index (χ3v) is 2.53. The van der Waals surface area contributed by atoms with Crippen molar-refractivity contribution in [2.45, 2.75) is 13.5 Å². The van der Waals surface area contributed by atoms with Crippen molar-refractivity contribution in [1.29, 1.82) is 0 Å². The zero-order valence-electron chi connectivity index (χ0n) is 10.5. The van der Waals surface area contributed by atoms with E-state index in [1.54, 1.807) is 31.2 Å². The number of fused-ring (bicyclic) bond motifs is 1. The summed E-state index contributed by atoms with van der Waals surface area (Å²) in [7, 11) is 0. The smallest absolute Gasteiger partial charge is 0.335 e. The first-order valence-electron chi connectivity index (χ1n) is 5.81. The Morgan fingerprint density at radius 1 is 1.42 bits per heavy atom. The lowest BCUT2D eigenvalue weighted by atomic mass is 10.2. The van der Waals surface area contributed by atoms with E-state index in [2.05, 4.69) is 16.9 Å². The van der Waals surface area contributed by atoms with Gasteiger partial charge in [0.2, 0.25) is 0 Å². The predicted molar refractivity (Wildman–Crippen MR) is 69.6 cm³/mol. The number of benzene rings is 1. The van der Waals surface area contributed by atoms with Gasteiger partial charge in [0.25, 0.3) is 5.56 Å². The quantitative estimate of drug-likeness (QED) is 0.602. The maximum Gasteiger partial charge on any atom is 0.335 e. The highest BCUT2D eigenvalue weighted by Gasteiger charge is 2.11. The molecule has 0 unspecified atom stereocenters. The highest BCUT2D eigenvalue weighted by Crippen LogP contribution is 2.04. The lowest BCUT2D eigenvalue weighted by Crippen LogP contribution is -2.26.